The Bertz CT molecular complexity index is 644. The summed E-state index contributed by atoms with van der Waals surface area (Å²) in [5.74, 6) is 1.24. The first-order chi connectivity index (χ1) is 11.2. The second kappa shape index (κ2) is 7.21. The number of morpholine rings is 1. The van der Waals surface area contributed by atoms with E-state index < -0.39 is 0 Å². The maximum atomic E-state index is 9.25. The number of aliphatic hydroxyl groups is 1. The van der Waals surface area contributed by atoms with Crippen molar-refractivity contribution in [2.45, 2.75) is 39.0 Å². The van der Waals surface area contributed by atoms with Crippen molar-refractivity contribution in [1.82, 2.24) is 15.1 Å². The molecule has 1 aliphatic rings. The summed E-state index contributed by atoms with van der Waals surface area (Å²) in [6.07, 6.45) is 0.512. The van der Waals surface area contributed by atoms with Crippen molar-refractivity contribution >= 4 is 0 Å². The lowest BCUT2D eigenvalue weighted by Gasteiger charge is -2.36. The number of hydrogen-bond acceptors (Lipinski definition) is 6. The highest BCUT2D eigenvalue weighted by atomic mass is 16.5. The second-order valence-corrected chi connectivity index (χ2v) is 6.11. The minimum atomic E-state index is -0.138. The fourth-order valence-corrected chi connectivity index (χ4v) is 2.77. The van der Waals surface area contributed by atoms with Gasteiger partial charge in [-0.05, 0) is 25.0 Å². The van der Waals surface area contributed by atoms with E-state index in [9.17, 15) is 5.11 Å². The van der Waals surface area contributed by atoms with Gasteiger partial charge in [-0.15, -0.1) is 10.2 Å². The van der Waals surface area contributed by atoms with Crippen molar-refractivity contribution in [3.05, 3.63) is 47.2 Å². The first-order valence-corrected chi connectivity index (χ1v) is 7.98. The summed E-state index contributed by atoms with van der Waals surface area (Å²) >= 11 is 0. The molecule has 1 N–H and O–H groups in total. The maximum Gasteiger partial charge on any atom is 0.230 e. The Hall–Kier alpha value is -1.76. The smallest absolute Gasteiger partial charge is 0.230 e. The van der Waals surface area contributed by atoms with Gasteiger partial charge in [-0.2, -0.15) is 0 Å². The van der Waals surface area contributed by atoms with Crippen LogP contribution in [-0.2, 0) is 17.7 Å². The molecule has 1 aliphatic heterocycles. The fourth-order valence-electron chi connectivity index (χ4n) is 2.77. The molecule has 0 saturated carbocycles. The quantitative estimate of drug-likeness (QED) is 0.902. The Kier molecular flexibility index (Phi) is 5.05. The average molecular weight is 317 g/mol. The molecule has 0 amide bonds. The largest absolute Gasteiger partial charge is 0.424 e. The van der Waals surface area contributed by atoms with Crippen LogP contribution in [0.3, 0.4) is 0 Å². The highest BCUT2D eigenvalue weighted by Crippen LogP contribution is 2.17. The van der Waals surface area contributed by atoms with E-state index in [0.29, 0.717) is 37.9 Å². The third kappa shape index (κ3) is 3.96. The Morgan fingerprint density at radius 3 is 2.83 bits per heavy atom. The van der Waals surface area contributed by atoms with Crippen molar-refractivity contribution in [3.63, 3.8) is 0 Å². The van der Waals surface area contributed by atoms with Gasteiger partial charge >= 0.3 is 0 Å². The van der Waals surface area contributed by atoms with E-state index in [1.165, 1.54) is 11.1 Å². The molecule has 3 rings (SSSR count). The van der Waals surface area contributed by atoms with E-state index in [1.54, 1.807) is 0 Å². The number of benzene rings is 1. The SMILES string of the molecule is Cc1ccccc1Cc1nnc(CN2C[C@H](CO)OC[C@@H]2C)o1. The summed E-state index contributed by atoms with van der Waals surface area (Å²) in [4.78, 5) is 2.20. The summed E-state index contributed by atoms with van der Waals surface area (Å²) in [5, 5.41) is 17.6. The van der Waals surface area contributed by atoms with E-state index in [-0.39, 0.29) is 18.8 Å². The monoisotopic (exact) mass is 317 g/mol. The van der Waals surface area contributed by atoms with Crippen molar-refractivity contribution in [2.24, 2.45) is 0 Å². The van der Waals surface area contributed by atoms with E-state index in [1.807, 2.05) is 12.1 Å². The second-order valence-electron chi connectivity index (χ2n) is 6.11. The zero-order valence-corrected chi connectivity index (χ0v) is 13.6. The lowest BCUT2D eigenvalue weighted by atomic mass is 10.1. The lowest BCUT2D eigenvalue weighted by molar-refractivity contribution is -0.0824. The number of nitrogens with zero attached hydrogens (tertiary/aromatic N) is 3. The van der Waals surface area contributed by atoms with Gasteiger partial charge in [0.2, 0.25) is 11.8 Å². The molecule has 1 aromatic carbocycles. The topological polar surface area (TPSA) is 71.6 Å². The van der Waals surface area contributed by atoms with Crippen LogP contribution in [0.2, 0.25) is 0 Å². The number of aromatic nitrogens is 2. The van der Waals surface area contributed by atoms with Gasteiger partial charge in [-0.1, -0.05) is 24.3 Å². The molecular weight excluding hydrogens is 294 g/mol. The van der Waals surface area contributed by atoms with Crippen LogP contribution in [0.25, 0.3) is 0 Å². The molecular formula is C17H23N3O3. The Morgan fingerprint density at radius 2 is 2.04 bits per heavy atom. The Morgan fingerprint density at radius 1 is 1.26 bits per heavy atom. The van der Waals surface area contributed by atoms with Gasteiger partial charge in [0.05, 0.1) is 32.3 Å². The van der Waals surface area contributed by atoms with Crippen LogP contribution in [0.4, 0.5) is 0 Å². The van der Waals surface area contributed by atoms with Crippen LogP contribution in [0.15, 0.2) is 28.7 Å². The first-order valence-electron chi connectivity index (χ1n) is 7.98. The zero-order chi connectivity index (χ0) is 16.2. The predicted molar refractivity (Wildman–Crippen MR) is 85.0 cm³/mol. The summed E-state index contributed by atoms with van der Waals surface area (Å²) < 4.78 is 11.3. The summed E-state index contributed by atoms with van der Waals surface area (Å²) in [7, 11) is 0. The van der Waals surface area contributed by atoms with Crippen LogP contribution >= 0.6 is 0 Å². The molecule has 1 aromatic heterocycles. The zero-order valence-electron chi connectivity index (χ0n) is 13.6. The van der Waals surface area contributed by atoms with Crippen LogP contribution in [0.5, 0.6) is 0 Å². The average Bonchev–Trinajstić information content (AvgIpc) is 2.99. The Balaban J connectivity index is 1.64. The van der Waals surface area contributed by atoms with Gasteiger partial charge in [0.15, 0.2) is 0 Å². The minimum Gasteiger partial charge on any atom is -0.424 e. The van der Waals surface area contributed by atoms with Crippen molar-refractivity contribution in [3.8, 4) is 0 Å². The van der Waals surface area contributed by atoms with Gasteiger partial charge in [0, 0.05) is 12.6 Å². The van der Waals surface area contributed by atoms with Crippen molar-refractivity contribution in [1.29, 1.82) is 0 Å². The fraction of sp³-hybridized carbons (Fsp3) is 0.529. The number of ether oxygens (including phenoxy) is 1. The number of hydrogen-bond donors (Lipinski definition) is 1. The molecule has 1 fully saturated rings. The standard InChI is InChI=1S/C17H23N3O3/c1-12-5-3-4-6-14(12)7-16-18-19-17(23-16)9-20-8-15(10-21)22-11-13(20)2/h3-6,13,15,21H,7-11H2,1-2H3/t13-,15+/m0/s1. The van der Waals surface area contributed by atoms with Gasteiger partial charge < -0.3 is 14.3 Å². The van der Waals surface area contributed by atoms with E-state index in [0.717, 1.165) is 0 Å². The summed E-state index contributed by atoms with van der Waals surface area (Å²) in [5.41, 5.74) is 2.42. The molecule has 0 radical (unpaired) electrons. The minimum absolute atomic E-state index is 0.0333. The molecule has 0 spiro atoms. The van der Waals surface area contributed by atoms with Crippen molar-refractivity contribution < 1.29 is 14.3 Å². The first kappa shape index (κ1) is 16.1. The van der Waals surface area contributed by atoms with Gasteiger partial charge in [-0.25, -0.2) is 0 Å². The highest BCUT2D eigenvalue weighted by Gasteiger charge is 2.27. The normalized spacial score (nSPS) is 22.4. The molecule has 1 saturated heterocycles. The summed E-state index contributed by atoms with van der Waals surface area (Å²) in [6.45, 7) is 6.07. The molecule has 6 nitrogen and oxygen atoms in total. The Labute approximate surface area is 136 Å². The van der Waals surface area contributed by atoms with E-state index in [4.69, 9.17) is 9.15 Å². The molecule has 0 unspecified atom stereocenters. The molecule has 124 valence electrons. The third-order valence-corrected chi connectivity index (χ3v) is 4.29. The molecule has 0 aliphatic carbocycles. The van der Waals surface area contributed by atoms with Crippen LogP contribution in [0.1, 0.15) is 29.8 Å². The molecule has 6 heteroatoms. The summed E-state index contributed by atoms with van der Waals surface area (Å²) in [6, 6.07) is 8.47. The molecule has 0 bridgehead atoms. The number of aliphatic hydroxyl groups excluding tert-OH is 1. The highest BCUT2D eigenvalue weighted by molar-refractivity contribution is 5.27. The number of rotatable bonds is 5. The molecule has 2 heterocycles. The lowest BCUT2D eigenvalue weighted by Crippen LogP contribution is -2.48. The molecule has 2 aromatic rings. The predicted octanol–water partition coefficient (Wildman–Crippen LogP) is 1.55. The molecule has 23 heavy (non-hydrogen) atoms. The maximum absolute atomic E-state index is 9.25. The van der Waals surface area contributed by atoms with Gasteiger partial charge in [0.25, 0.3) is 0 Å². The number of aryl methyl sites for hydroxylation is 1. The molecule has 2 atom stereocenters. The van der Waals surface area contributed by atoms with Gasteiger partial charge in [-0.3, -0.25) is 4.90 Å². The van der Waals surface area contributed by atoms with Crippen molar-refractivity contribution in [2.75, 3.05) is 19.8 Å². The van der Waals surface area contributed by atoms with Crippen LogP contribution in [0, 0.1) is 6.92 Å². The van der Waals surface area contributed by atoms with Gasteiger partial charge in [0.1, 0.15) is 0 Å². The van der Waals surface area contributed by atoms with Crippen LogP contribution < -0.4 is 0 Å². The van der Waals surface area contributed by atoms with E-state index in [2.05, 4.69) is 41.1 Å². The van der Waals surface area contributed by atoms with Crippen LogP contribution in [-0.4, -0.2) is 52.1 Å². The third-order valence-electron chi connectivity index (χ3n) is 4.29. The van der Waals surface area contributed by atoms with E-state index >= 15 is 0 Å².